The maximum atomic E-state index is 7.14. The molecule has 6 nitrogen and oxygen atoms in total. The van der Waals surface area contributed by atoms with Crippen LogP contribution in [0.25, 0.3) is 16.6 Å². The molecule has 2 atom stereocenters. The van der Waals surface area contributed by atoms with Crippen molar-refractivity contribution < 1.29 is 9.47 Å². The van der Waals surface area contributed by atoms with Crippen molar-refractivity contribution in [2.75, 3.05) is 20.3 Å². The van der Waals surface area contributed by atoms with Gasteiger partial charge >= 0.3 is 6.01 Å². The summed E-state index contributed by atoms with van der Waals surface area (Å²) in [6.45, 7) is 48.5. The lowest BCUT2D eigenvalue weighted by molar-refractivity contribution is 0.0964. The van der Waals surface area contributed by atoms with Gasteiger partial charge in [-0.3, -0.25) is 0 Å². The van der Waals surface area contributed by atoms with Crippen molar-refractivity contribution in [3.63, 3.8) is 0 Å². The molecule has 1 heterocycles. The monoisotopic (exact) mass is 897 g/mol. The number of allylic oxidation sites excluding steroid dienone is 5. The predicted octanol–water partition coefficient (Wildman–Crippen LogP) is 16.6. The molecule has 0 bridgehead atoms. The van der Waals surface area contributed by atoms with E-state index in [1.54, 1.807) is 7.11 Å². The second kappa shape index (κ2) is 35.6. The molecule has 1 aliphatic rings. The summed E-state index contributed by atoms with van der Waals surface area (Å²) < 4.78 is 11.2. The molecule has 0 saturated heterocycles. The molecule has 0 amide bonds. The molecule has 0 aliphatic heterocycles. The SMILES string of the molecule is C/C=C(/C)C(=S)/C(C(C)=C(C)C)=C(\N)c1c(CC)c(CC)c2c(C)nc(OCC3(CC)CC3)nc2c1C.CC.CC.CC(C)CN.CCC(C)CCC(C)CC.CCC(CC)OC. The van der Waals surface area contributed by atoms with Gasteiger partial charge in [0.25, 0.3) is 0 Å². The van der Waals surface area contributed by atoms with Crippen LogP contribution in [-0.4, -0.2) is 41.2 Å². The van der Waals surface area contributed by atoms with E-state index in [4.69, 9.17) is 43.1 Å². The van der Waals surface area contributed by atoms with Gasteiger partial charge in [-0.05, 0) is 146 Å². The van der Waals surface area contributed by atoms with E-state index in [1.165, 1.54) is 55.2 Å². The Labute approximate surface area is 397 Å². The smallest absolute Gasteiger partial charge is 0.317 e. The Bertz CT molecular complexity index is 1640. The first-order chi connectivity index (χ1) is 29.8. The Morgan fingerprint density at radius 3 is 1.59 bits per heavy atom. The highest BCUT2D eigenvalue weighted by molar-refractivity contribution is 7.81. The van der Waals surface area contributed by atoms with Gasteiger partial charge in [-0.1, -0.05) is 153 Å². The molecule has 2 aromatic rings. The summed E-state index contributed by atoms with van der Waals surface area (Å²) >= 11 is 5.99. The number of fused-ring (bicyclic) bond motifs is 1. The Morgan fingerprint density at radius 1 is 0.794 bits per heavy atom. The van der Waals surface area contributed by atoms with Crippen LogP contribution in [0.4, 0.5) is 0 Å². The third kappa shape index (κ3) is 22.0. The fourth-order valence-corrected chi connectivity index (χ4v) is 7.21. The highest BCUT2D eigenvalue weighted by Gasteiger charge is 2.41. The van der Waals surface area contributed by atoms with Crippen LogP contribution in [0.1, 0.15) is 224 Å². The largest absolute Gasteiger partial charge is 0.463 e. The first kappa shape index (κ1) is 64.7. The third-order valence-electron chi connectivity index (χ3n) is 12.6. The molecule has 1 fully saturated rings. The fourth-order valence-electron chi connectivity index (χ4n) is 6.83. The van der Waals surface area contributed by atoms with Crippen LogP contribution < -0.4 is 16.2 Å². The van der Waals surface area contributed by atoms with Crippen molar-refractivity contribution in [3.8, 4) is 6.01 Å². The van der Waals surface area contributed by atoms with Gasteiger partial charge in [-0.25, -0.2) is 0 Å². The summed E-state index contributed by atoms with van der Waals surface area (Å²) in [4.78, 5) is 10.6. The Kier molecular flexibility index (Phi) is 36.6. The number of aryl methyl sites for hydroxylation is 3. The summed E-state index contributed by atoms with van der Waals surface area (Å²) in [6.07, 6.45) is 15.6. The van der Waals surface area contributed by atoms with E-state index >= 15 is 0 Å². The van der Waals surface area contributed by atoms with Crippen LogP contribution in [0.5, 0.6) is 6.01 Å². The van der Waals surface area contributed by atoms with Crippen LogP contribution in [0.2, 0.25) is 0 Å². The van der Waals surface area contributed by atoms with Crippen LogP contribution in [-0.2, 0) is 17.6 Å². The van der Waals surface area contributed by atoms with E-state index in [0.717, 1.165) is 105 Å². The second-order valence-corrected chi connectivity index (χ2v) is 18.2. The lowest BCUT2D eigenvalue weighted by Crippen LogP contribution is -2.17. The number of nitrogens with two attached hydrogens (primary N) is 2. The minimum atomic E-state index is 0.303. The summed E-state index contributed by atoms with van der Waals surface area (Å²) in [5, 5.41) is 1.13. The number of hydrogen-bond donors (Lipinski definition) is 2. The van der Waals surface area contributed by atoms with Gasteiger partial charge in [0.1, 0.15) is 0 Å². The van der Waals surface area contributed by atoms with Crippen molar-refractivity contribution >= 4 is 33.7 Å². The zero-order chi connectivity index (χ0) is 49.6. The molecular weight excluding hydrogens is 793 g/mol. The average Bonchev–Trinajstić information content (AvgIpc) is 4.09. The molecule has 1 saturated carbocycles. The van der Waals surface area contributed by atoms with Gasteiger partial charge in [0, 0.05) is 39.6 Å². The van der Waals surface area contributed by atoms with Crippen molar-refractivity contribution in [1.29, 1.82) is 0 Å². The maximum absolute atomic E-state index is 7.14. The summed E-state index contributed by atoms with van der Waals surface area (Å²) in [6, 6.07) is 0.466. The number of rotatable bonds is 19. The molecule has 2 unspecified atom stereocenters. The molecule has 1 aliphatic carbocycles. The molecule has 1 aromatic carbocycles. The number of aromatic nitrogens is 2. The van der Waals surface area contributed by atoms with Gasteiger partial charge in [0.15, 0.2) is 0 Å². The maximum Gasteiger partial charge on any atom is 0.317 e. The highest BCUT2D eigenvalue weighted by Crippen LogP contribution is 2.48. The number of thiocarbonyl (C=S) groups is 1. The van der Waals surface area contributed by atoms with Gasteiger partial charge in [0.05, 0.1) is 23.9 Å². The van der Waals surface area contributed by atoms with Crippen LogP contribution in [0, 0.1) is 37.0 Å². The van der Waals surface area contributed by atoms with Gasteiger partial charge < -0.3 is 20.9 Å². The normalized spacial score (nSPS) is 13.8. The Hall–Kier alpha value is -2.61. The molecule has 7 heteroatoms. The zero-order valence-electron chi connectivity index (χ0n) is 45.9. The minimum Gasteiger partial charge on any atom is -0.463 e. The topological polar surface area (TPSA) is 96.3 Å². The first-order valence-corrected chi connectivity index (χ1v) is 25.7. The van der Waals surface area contributed by atoms with E-state index in [1.807, 2.05) is 34.6 Å². The number of benzene rings is 1. The Morgan fingerprint density at radius 2 is 1.27 bits per heavy atom. The zero-order valence-corrected chi connectivity index (χ0v) is 46.7. The van der Waals surface area contributed by atoms with Crippen molar-refractivity contribution in [2.45, 2.75) is 229 Å². The molecule has 63 heavy (non-hydrogen) atoms. The average molecular weight is 898 g/mol. The number of hydrogen-bond acceptors (Lipinski definition) is 7. The van der Waals surface area contributed by atoms with Gasteiger partial charge in [-0.15, -0.1) is 0 Å². The molecule has 1 aromatic heterocycles. The molecule has 0 spiro atoms. The van der Waals surface area contributed by atoms with E-state index in [-0.39, 0.29) is 0 Å². The molecule has 3 rings (SSSR count). The minimum absolute atomic E-state index is 0.303. The fraction of sp³-hybridized carbons (Fsp3) is 0.732. The molecular formula is C56H104N4O2S. The molecule has 366 valence electrons. The lowest BCUT2D eigenvalue weighted by atomic mass is 9.84. The van der Waals surface area contributed by atoms with Gasteiger partial charge in [-0.2, -0.15) is 9.97 Å². The van der Waals surface area contributed by atoms with E-state index in [0.29, 0.717) is 30.1 Å². The van der Waals surface area contributed by atoms with Crippen LogP contribution in [0.15, 0.2) is 28.4 Å². The van der Waals surface area contributed by atoms with Gasteiger partial charge in [0.2, 0.25) is 0 Å². The van der Waals surface area contributed by atoms with E-state index in [2.05, 4.69) is 124 Å². The molecule has 4 N–H and O–H groups in total. The van der Waals surface area contributed by atoms with E-state index < -0.39 is 0 Å². The lowest BCUT2D eigenvalue weighted by Gasteiger charge is -2.24. The van der Waals surface area contributed by atoms with E-state index in [9.17, 15) is 0 Å². The number of ether oxygens (including phenoxy) is 2. The first-order valence-electron chi connectivity index (χ1n) is 25.3. The highest BCUT2D eigenvalue weighted by atomic mass is 32.1. The number of nitrogens with zero attached hydrogens (tertiary/aromatic N) is 2. The Balaban J connectivity index is -0.00000113. The van der Waals surface area contributed by atoms with Crippen LogP contribution in [0.3, 0.4) is 0 Å². The van der Waals surface area contributed by atoms with Crippen molar-refractivity contribution in [3.05, 3.63) is 56.3 Å². The van der Waals surface area contributed by atoms with Crippen molar-refractivity contribution in [2.24, 2.45) is 34.6 Å². The summed E-state index contributed by atoms with van der Waals surface area (Å²) in [5.41, 5.74) is 24.2. The number of methoxy groups -OCH3 is 1. The standard InChI is InChI=1S/C32H45N3OS.C10H22.C6H14O.C4H11N.2C2H6/c1-11-19(7)30(37)26(20(8)18(5)6)28(33)25-21(9)29-27(24(13-3)23(25)12-2)22(10)34-31(35-29)36-17-32(14-4)15-16-32;1-5-9(3)7-8-10(4)6-2;1-4-6(5-2)7-3;1-4(2)3-5;2*1-2/h11H,12-17,33H2,1-10H3;9-10H,5-8H2,1-4H3;6H,4-5H2,1-3H3;4H,3,5H2,1-2H3;2*1-2H3/b19-11-,28-26-;;;;;. The molecule has 0 radical (unpaired) electrons. The second-order valence-electron chi connectivity index (χ2n) is 17.7. The summed E-state index contributed by atoms with van der Waals surface area (Å²) in [7, 11) is 1.76. The van der Waals surface area contributed by atoms with Crippen LogP contribution >= 0.6 is 12.2 Å². The quantitative estimate of drug-likeness (QED) is 0.0823. The predicted molar refractivity (Wildman–Crippen MR) is 289 cm³/mol. The third-order valence-corrected chi connectivity index (χ3v) is 13.2. The van der Waals surface area contributed by atoms with Crippen molar-refractivity contribution in [1.82, 2.24) is 9.97 Å². The summed E-state index contributed by atoms with van der Waals surface area (Å²) in [5.74, 6) is 2.54.